The lowest BCUT2D eigenvalue weighted by Crippen LogP contribution is -2.35. The summed E-state index contributed by atoms with van der Waals surface area (Å²) < 4.78 is 37.7. The van der Waals surface area contributed by atoms with E-state index < -0.39 is 12.7 Å². The van der Waals surface area contributed by atoms with E-state index in [1.807, 2.05) is 6.92 Å². The molecular formula is C13H17F3N2S. The molecule has 0 fully saturated rings. The van der Waals surface area contributed by atoms with E-state index in [0.717, 1.165) is 5.56 Å². The molecule has 0 radical (unpaired) electrons. The van der Waals surface area contributed by atoms with Gasteiger partial charge in [-0.25, -0.2) is 0 Å². The van der Waals surface area contributed by atoms with Crippen LogP contribution in [0.3, 0.4) is 0 Å². The normalized spacial score (nSPS) is 11.4. The van der Waals surface area contributed by atoms with E-state index in [1.165, 1.54) is 4.90 Å². The van der Waals surface area contributed by atoms with Crippen molar-refractivity contribution in [3.63, 3.8) is 0 Å². The number of aryl methyl sites for hydroxylation is 1. The molecule has 1 aromatic rings. The van der Waals surface area contributed by atoms with E-state index in [0.29, 0.717) is 24.2 Å². The summed E-state index contributed by atoms with van der Waals surface area (Å²) in [7, 11) is 0. The van der Waals surface area contributed by atoms with Crippen molar-refractivity contribution in [1.29, 1.82) is 0 Å². The Hall–Kier alpha value is -1.30. The van der Waals surface area contributed by atoms with Gasteiger partial charge in [0.05, 0.1) is 0 Å². The van der Waals surface area contributed by atoms with Crippen molar-refractivity contribution in [1.82, 2.24) is 0 Å². The number of rotatable bonds is 5. The summed E-state index contributed by atoms with van der Waals surface area (Å²) in [6.07, 6.45) is -3.57. The van der Waals surface area contributed by atoms with E-state index in [4.69, 9.17) is 18.0 Å². The van der Waals surface area contributed by atoms with Gasteiger partial charge < -0.3 is 10.6 Å². The first-order valence-corrected chi connectivity index (χ1v) is 6.37. The highest BCUT2D eigenvalue weighted by molar-refractivity contribution is 7.80. The highest BCUT2D eigenvalue weighted by atomic mass is 32.1. The predicted octanol–water partition coefficient (Wildman–Crippen LogP) is 3.41. The Balaban J connectivity index is 3.06. The van der Waals surface area contributed by atoms with Gasteiger partial charge in [-0.2, -0.15) is 13.2 Å². The molecule has 0 aliphatic heterocycles. The van der Waals surface area contributed by atoms with E-state index in [9.17, 15) is 13.2 Å². The molecule has 0 amide bonds. The number of halogens is 3. The number of thiocarbonyl (C=S) groups is 1. The third-order valence-electron chi connectivity index (χ3n) is 2.69. The first-order chi connectivity index (χ1) is 8.74. The number of hydrogen-bond donors (Lipinski definition) is 1. The minimum atomic E-state index is -4.22. The van der Waals surface area contributed by atoms with Gasteiger partial charge in [0, 0.05) is 17.8 Å². The molecular weight excluding hydrogens is 273 g/mol. The summed E-state index contributed by atoms with van der Waals surface area (Å²) in [4.78, 5) is 1.58. The van der Waals surface area contributed by atoms with Gasteiger partial charge in [0.15, 0.2) is 0 Å². The molecule has 19 heavy (non-hydrogen) atoms. The lowest BCUT2D eigenvalue weighted by atomic mass is 10.1. The number of alkyl halides is 3. The SMILES string of the molecule is CCCN(CC(F)(F)F)c1ccc(C(N)=S)cc1C. The predicted molar refractivity (Wildman–Crippen MR) is 75.6 cm³/mol. The van der Waals surface area contributed by atoms with Crippen LogP contribution in [0.1, 0.15) is 24.5 Å². The van der Waals surface area contributed by atoms with Crippen LogP contribution in [0, 0.1) is 6.92 Å². The Morgan fingerprint density at radius 2 is 2.00 bits per heavy atom. The quantitative estimate of drug-likeness (QED) is 0.843. The zero-order chi connectivity index (χ0) is 14.6. The summed E-state index contributed by atoms with van der Waals surface area (Å²) in [5.41, 5.74) is 7.48. The molecule has 0 bridgehead atoms. The summed E-state index contributed by atoms with van der Waals surface area (Å²) in [6, 6.07) is 5.02. The molecule has 0 atom stereocenters. The number of nitrogens with zero attached hydrogens (tertiary/aromatic N) is 1. The highest BCUT2D eigenvalue weighted by Gasteiger charge is 2.31. The smallest absolute Gasteiger partial charge is 0.389 e. The molecule has 1 rings (SSSR count). The average molecular weight is 290 g/mol. The van der Waals surface area contributed by atoms with Crippen LogP contribution in [0.15, 0.2) is 18.2 Å². The van der Waals surface area contributed by atoms with Crippen molar-refractivity contribution in [2.24, 2.45) is 5.73 Å². The van der Waals surface area contributed by atoms with Gasteiger partial charge in [-0.3, -0.25) is 0 Å². The van der Waals surface area contributed by atoms with E-state index in [1.54, 1.807) is 25.1 Å². The lowest BCUT2D eigenvalue weighted by Gasteiger charge is -2.27. The molecule has 0 heterocycles. The maximum atomic E-state index is 12.6. The molecule has 1 aromatic carbocycles. The zero-order valence-electron chi connectivity index (χ0n) is 10.9. The molecule has 0 spiro atoms. The van der Waals surface area contributed by atoms with Crippen molar-refractivity contribution in [3.05, 3.63) is 29.3 Å². The fourth-order valence-corrected chi connectivity index (χ4v) is 2.06. The van der Waals surface area contributed by atoms with Gasteiger partial charge >= 0.3 is 6.18 Å². The number of nitrogens with two attached hydrogens (primary N) is 1. The first-order valence-electron chi connectivity index (χ1n) is 5.96. The van der Waals surface area contributed by atoms with Crippen LogP contribution in [0.25, 0.3) is 0 Å². The summed E-state index contributed by atoms with van der Waals surface area (Å²) in [5.74, 6) is 0. The van der Waals surface area contributed by atoms with Crippen molar-refractivity contribution < 1.29 is 13.2 Å². The molecule has 0 aliphatic carbocycles. The molecule has 106 valence electrons. The Morgan fingerprint density at radius 1 is 1.37 bits per heavy atom. The zero-order valence-corrected chi connectivity index (χ0v) is 11.7. The van der Waals surface area contributed by atoms with Crippen LogP contribution in [0.4, 0.5) is 18.9 Å². The standard InChI is InChI=1S/C13H17F3N2S/c1-3-6-18(8-13(14,15)16)11-5-4-10(12(17)19)7-9(11)2/h4-5,7H,3,6,8H2,1-2H3,(H2,17,19). The molecule has 6 heteroatoms. The van der Waals surface area contributed by atoms with E-state index >= 15 is 0 Å². The second-order valence-electron chi connectivity index (χ2n) is 4.40. The van der Waals surface area contributed by atoms with Crippen LogP contribution < -0.4 is 10.6 Å². The maximum Gasteiger partial charge on any atom is 0.405 e. The molecule has 0 unspecified atom stereocenters. The van der Waals surface area contributed by atoms with Gasteiger partial charge in [0.25, 0.3) is 0 Å². The van der Waals surface area contributed by atoms with E-state index in [-0.39, 0.29) is 4.99 Å². The maximum absolute atomic E-state index is 12.6. The van der Waals surface area contributed by atoms with Gasteiger partial charge in [-0.05, 0) is 37.1 Å². The Kier molecular flexibility index (Phi) is 5.17. The Morgan fingerprint density at radius 3 is 2.42 bits per heavy atom. The lowest BCUT2D eigenvalue weighted by molar-refractivity contribution is -0.119. The Bertz CT molecular complexity index is 458. The third-order valence-corrected chi connectivity index (χ3v) is 2.92. The van der Waals surface area contributed by atoms with Crippen LogP contribution in [0.5, 0.6) is 0 Å². The van der Waals surface area contributed by atoms with Crippen molar-refractivity contribution >= 4 is 22.9 Å². The number of benzene rings is 1. The molecule has 2 N–H and O–H groups in total. The van der Waals surface area contributed by atoms with Gasteiger partial charge in [0.1, 0.15) is 11.5 Å². The largest absolute Gasteiger partial charge is 0.405 e. The van der Waals surface area contributed by atoms with Gasteiger partial charge in [-0.15, -0.1) is 0 Å². The monoisotopic (exact) mass is 290 g/mol. The first kappa shape index (κ1) is 15.8. The van der Waals surface area contributed by atoms with Gasteiger partial charge in [0.2, 0.25) is 0 Å². The highest BCUT2D eigenvalue weighted by Crippen LogP contribution is 2.26. The van der Waals surface area contributed by atoms with Crippen LogP contribution in [-0.2, 0) is 0 Å². The van der Waals surface area contributed by atoms with Crippen molar-refractivity contribution in [3.8, 4) is 0 Å². The summed E-state index contributed by atoms with van der Waals surface area (Å²) in [6.45, 7) is 3.01. The minimum absolute atomic E-state index is 0.243. The number of anilines is 1. The summed E-state index contributed by atoms with van der Waals surface area (Å²) in [5, 5.41) is 0. The molecule has 0 aromatic heterocycles. The topological polar surface area (TPSA) is 29.3 Å². The van der Waals surface area contributed by atoms with E-state index in [2.05, 4.69) is 0 Å². The fourth-order valence-electron chi connectivity index (χ4n) is 1.93. The minimum Gasteiger partial charge on any atom is -0.389 e. The average Bonchev–Trinajstić information content (AvgIpc) is 2.26. The Labute approximate surface area is 116 Å². The third kappa shape index (κ3) is 4.70. The fraction of sp³-hybridized carbons (Fsp3) is 0.462. The molecule has 0 saturated heterocycles. The van der Waals surface area contributed by atoms with Crippen molar-refractivity contribution in [2.75, 3.05) is 18.0 Å². The second-order valence-corrected chi connectivity index (χ2v) is 4.84. The summed E-state index contributed by atoms with van der Waals surface area (Å²) >= 11 is 4.85. The van der Waals surface area contributed by atoms with Crippen LogP contribution in [-0.4, -0.2) is 24.3 Å². The second kappa shape index (κ2) is 6.23. The van der Waals surface area contributed by atoms with Crippen molar-refractivity contribution in [2.45, 2.75) is 26.4 Å². The van der Waals surface area contributed by atoms with Crippen LogP contribution in [0.2, 0.25) is 0 Å². The molecule has 2 nitrogen and oxygen atoms in total. The number of hydrogen-bond acceptors (Lipinski definition) is 2. The molecule has 0 saturated carbocycles. The molecule has 0 aliphatic rings. The van der Waals surface area contributed by atoms with Crippen LogP contribution >= 0.6 is 12.2 Å². The van der Waals surface area contributed by atoms with Gasteiger partial charge in [-0.1, -0.05) is 19.1 Å².